The average molecular weight is 260 g/mol. The van der Waals surface area contributed by atoms with Crippen molar-refractivity contribution in [2.45, 2.75) is 51.4 Å². The standard InChI is InChI=1S/C16H24N2O/c19-16(15-8-11-2-4-13(15)6-11)18-17-9-14-7-10-1-3-12(14)5-10/h9-13,15,17H,1-8H2,(H,18,19)/b14-9+/t10-,11+,12+,13-,15-/m0/s1. The van der Waals surface area contributed by atoms with E-state index in [1.54, 1.807) is 0 Å². The number of carbonyl (C=O) groups is 1. The van der Waals surface area contributed by atoms with Gasteiger partial charge < -0.3 is 5.43 Å². The van der Waals surface area contributed by atoms with Crippen molar-refractivity contribution in [3.8, 4) is 0 Å². The second-order valence-electron chi connectivity index (χ2n) is 7.21. The van der Waals surface area contributed by atoms with Crippen molar-refractivity contribution in [3.05, 3.63) is 11.8 Å². The highest BCUT2D eigenvalue weighted by molar-refractivity contribution is 5.79. The minimum Gasteiger partial charge on any atom is -0.306 e. The smallest absolute Gasteiger partial charge is 0.241 e. The van der Waals surface area contributed by atoms with Crippen molar-refractivity contribution in [2.75, 3.05) is 0 Å². The fourth-order valence-corrected chi connectivity index (χ4v) is 5.13. The Labute approximate surface area is 115 Å². The van der Waals surface area contributed by atoms with Gasteiger partial charge in [0.2, 0.25) is 5.91 Å². The number of hydrogen-bond acceptors (Lipinski definition) is 2. The quantitative estimate of drug-likeness (QED) is 0.766. The van der Waals surface area contributed by atoms with Gasteiger partial charge >= 0.3 is 0 Å². The summed E-state index contributed by atoms with van der Waals surface area (Å²) in [5.41, 5.74) is 7.55. The lowest BCUT2D eigenvalue weighted by Crippen LogP contribution is -2.40. The summed E-state index contributed by atoms with van der Waals surface area (Å²) in [6.45, 7) is 0. The summed E-state index contributed by atoms with van der Waals surface area (Å²) in [6, 6.07) is 0. The SMILES string of the molecule is O=C(NN/C=C1\C[C@H]2CC[C@@H]1C2)[C@H]1C[C@@H]2CC[C@H]1C2. The van der Waals surface area contributed by atoms with Gasteiger partial charge in [0.15, 0.2) is 0 Å². The number of hydrazine groups is 1. The van der Waals surface area contributed by atoms with E-state index in [1.807, 2.05) is 0 Å². The van der Waals surface area contributed by atoms with Crippen LogP contribution in [0.15, 0.2) is 11.8 Å². The van der Waals surface area contributed by atoms with Gasteiger partial charge in [-0.15, -0.1) is 0 Å². The molecule has 0 spiro atoms. The zero-order chi connectivity index (χ0) is 12.8. The Morgan fingerprint density at radius 3 is 2.58 bits per heavy atom. The lowest BCUT2D eigenvalue weighted by atomic mass is 9.88. The molecule has 4 fully saturated rings. The maximum Gasteiger partial charge on any atom is 0.241 e. The van der Waals surface area contributed by atoms with Gasteiger partial charge in [0.05, 0.1) is 0 Å². The van der Waals surface area contributed by atoms with Crippen LogP contribution in [0.4, 0.5) is 0 Å². The molecular formula is C16H24N2O. The molecule has 0 radical (unpaired) electrons. The molecule has 0 aromatic heterocycles. The molecule has 0 unspecified atom stereocenters. The second-order valence-corrected chi connectivity index (χ2v) is 7.21. The van der Waals surface area contributed by atoms with E-state index >= 15 is 0 Å². The van der Waals surface area contributed by atoms with E-state index in [-0.39, 0.29) is 11.8 Å². The first-order chi connectivity index (χ1) is 9.29. The van der Waals surface area contributed by atoms with Crippen LogP contribution in [0.2, 0.25) is 0 Å². The van der Waals surface area contributed by atoms with Gasteiger partial charge in [0.1, 0.15) is 0 Å². The summed E-state index contributed by atoms with van der Waals surface area (Å²) in [6.07, 6.45) is 12.5. The van der Waals surface area contributed by atoms with Gasteiger partial charge in [-0.2, -0.15) is 0 Å². The Morgan fingerprint density at radius 2 is 1.95 bits per heavy atom. The van der Waals surface area contributed by atoms with Crippen LogP contribution in [-0.4, -0.2) is 5.91 Å². The highest BCUT2D eigenvalue weighted by atomic mass is 16.2. The molecule has 104 valence electrons. The molecule has 1 amide bonds. The zero-order valence-electron chi connectivity index (χ0n) is 11.5. The third kappa shape index (κ3) is 2.07. The zero-order valence-corrected chi connectivity index (χ0v) is 11.5. The molecule has 2 N–H and O–H groups in total. The molecule has 5 atom stereocenters. The summed E-state index contributed by atoms with van der Waals surface area (Å²) in [4.78, 5) is 12.2. The van der Waals surface area contributed by atoms with Crippen molar-refractivity contribution in [2.24, 2.45) is 29.6 Å². The van der Waals surface area contributed by atoms with Crippen LogP contribution in [-0.2, 0) is 4.79 Å². The Kier molecular flexibility index (Phi) is 2.82. The second kappa shape index (κ2) is 4.53. The molecule has 4 aliphatic carbocycles. The molecule has 0 saturated heterocycles. The molecule has 4 saturated carbocycles. The van der Waals surface area contributed by atoms with Crippen molar-refractivity contribution in [1.82, 2.24) is 10.9 Å². The van der Waals surface area contributed by atoms with Crippen molar-refractivity contribution < 1.29 is 4.79 Å². The fraction of sp³-hybridized carbons (Fsp3) is 0.812. The monoisotopic (exact) mass is 260 g/mol. The summed E-state index contributed by atoms with van der Waals surface area (Å²) in [5.74, 6) is 3.75. The van der Waals surface area contributed by atoms with Crippen LogP contribution >= 0.6 is 0 Å². The van der Waals surface area contributed by atoms with Crippen LogP contribution in [0.3, 0.4) is 0 Å². The topological polar surface area (TPSA) is 41.1 Å². The van der Waals surface area contributed by atoms with Crippen molar-refractivity contribution in [3.63, 3.8) is 0 Å². The number of hydrogen-bond donors (Lipinski definition) is 2. The van der Waals surface area contributed by atoms with E-state index in [1.165, 1.54) is 50.5 Å². The number of amides is 1. The molecule has 0 aliphatic heterocycles. The highest BCUT2D eigenvalue weighted by Crippen LogP contribution is 2.48. The van der Waals surface area contributed by atoms with Gasteiger partial charge in [-0.25, -0.2) is 0 Å². The van der Waals surface area contributed by atoms with Gasteiger partial charge in [-0.05, 0) is 74.2 Å². The molecule has 3 nitrogen and oxygen atoms in total. The molecule has 4 bridgehead atoms. The van der Waals surface area contributed by atoms with E-state index in [2.05, 4.69) is 17.1 Å². The van der Waals surface area contributed by atoms with Crippen LogP contribution in [0.25, 0.3) is 0 Å². The third-order valence-corrected chi connectivity index (χ3v) is 6.12. The maximum atomic E-state index is 12.2. The predicted molar refractivity (Wildman–Crippen MR) is 73.7 cm³/mol. The average Bonchev–Trinajstić information content (AvgIpc) is 3.18. The molecule has 4 aliphatic rings. The Hall–Kier alpha value is -0.990. The van der Waals surface area contributed by atoms with Gasteiger partial charge in [-0.3, -0.25) is 10.2 Å². The van der Waals surface area contributed by atoms with E-state index in [0.717, 1.165) is 24.2 Å². The van der Waals surface area contributed by atoms with Crippen molar-refractivity contribution in [1.29, 1.82) is 0 Å². The third-order valence-electron chi connectivity index (χ3n) is 6.12. The molecule has 0 aromatic rings. The van der Waals surface area contributed by atoms with Crippen LogP contribution in [0, 0.1) is 29.6 Å². The molecule has 0 heterocycles. The van der Waals surface area contributed by atoms with Gasteiger partial charge in [-0.1, -0.05) is 6.42 Å². The van der Waals surface area contributed by atoms with Crippen LogP contribution in [0.5, 0.6) is 0 Å². The summed E-state index contributed by atoms with van der Waals surface area (Å²) < 4.78 is 0. The number of fused-ring (bicyclic) bond motifs is 4. The van der Waals surface area contributed by atoms with E-state index < -0.39 is 0 Å². The van der Waals surface area contributed by atoms with Crippen molar-refractivity contribution >= 4 is 5.91 Å². The van der Waals surface area contributed by atoms with E-state index in [0.29, 0.717) is 5.92 Å². The Morgan fingerprint density at radius 1 is 1.05 bits per heavy atom. The van der Waals surface area contributed by atoms with E-state index in [9.17, 15) is 4.79 Å². The minimum absolute atomic E-state index is 0.229. The molecule has 0 aromatic carbocycles. The fourth-order valence-electron chi connectivity index (χ4n) is 5.13. The predicted octanol–water partition coefficient (Wildman–Crippen LogP) is 2.75. The largest absolute Gasteiger partial charge is 0.306 e. The summed E-state index contributed by atoms with van der Waals surface area (Å²) in [7, 11) is 0. The minimum atomic E-state index is 0.229. The lowest BCUT2D eigenvalue weighted by Gasteiger charge is -2.21. The Balaban J connectivity index is 1.29. The van der Waals surface area contributed by atoms with Crippen LogP contribution < -0.4 is 10.9 Å². The first kappa shape index (κ1) is 11.8. The summed E-state index contributed by atoms with van der Waals surface area (Å²) >= 11 is 0. The maximum absolute atomic E-state index is 12.2. The van der Waals surface area contributed by atoms with E-state index in [4.69, 9.17) is 0 Å². The number of nitrogens with one attached hydrogen (secondary N) is 2. The first-order valence-corrected chi connectivity index (χ1v) is 8.04. The molecule has 3 heteroatoms. The number of carbonyl (C=O) groups excluding carboxylic acids is 1. The Bertz CT molecular complexity index is 417. The first-order valence-electron chi connectivity index (χ1n) is 8.04. The van der Waals surface area contributed by atoms with Crippen LogP contribution in [0.1, 0.15) is 51.4 Å². The van der Waals surface area contributed by atoms with Gasteiger partial charge in [0, 0.05) is 12.1 Å². The molecule has 19 heavy (non-hydrogen) atoms. The highest BCUT2D eigenvalue weighted by Gasteiger charge is 2.43. The summed E-state index contributed by atoms with van der Waals surface area (Å²) in [5, 5.41) is 0. The van der Waals surface area contributed by atoms with Gasteiger partial charge in [0.25, 0.3) is 0 Å². The number of rotatable bonds is 3. The molecular weight excluding hydrogens is 236 g/mol. The molecule has 4 rings (SSSR count). The number of allylic oxidation sites excluding steroid dienone is 1. The normalized spacial score (nSPS) is 45.1. The lowest BCUT2D eigenvalue weighted by molar-refractivity contribution is -0.127.